The summed E-state index contributed by atoms with van der Waals surface area (Å²) in [6.45, 7) is 1.05. The fraction of sp³-hybridized carbons (Fsp3) is 0.385. The summed E-state index contributed by atoms with van der Waals surface area (Å²) < 4.78 is 5.31. The Morgan fingerprint density at radius 1 is 1.45 bits per heavy atom. The van der Waals surface area contributed by atoms with Gasteiger partial charge in [-0.3, -0.25) is 0 Å². The molecule has 0 amide bonds. The fourth-order valence-electron chi connectivity index (χ4n) is 2.04. The maximum Gasteiger partial charge on any atom is 0.228 e. The molecule has 1 aliphatic rings. The predicted octanol–water partition coefficient (Wildman–Crippen LogP) is 3.06. The van der Waals surface area contributed by atoms with Crippen LogP contribution in [0.3, 0.4) is 0 Å². The molecule has 3 rings (SSSR count). The number of thioether (sulfide) groups is 1. The zero-order valence-corrected chi connectivity index (χ0v) is 13.1. The van der Waals surface area contributed by atoms with E-state index in [-0.39, 0.29) is 12.4 Å². The first-order chi connectivity index (χ1) is 9.31. The highest BCUT2D eigenvalue weighted by atomic mass is 35.5. The molecule has 1 aromatic carbocycles. The van der Waals surface area contributed by atoms with Crippen LogP contribution in [0, 0.1) is 0 Å². The number of rotatable bonds is 3. The molecule has 1 aliphatic heterocycles. The van der Waals surface area contributed by atoms with E-state index >= 15 is 0 Å². The van der Waals surface area contributed by atoms with Gasteiger partial charge in [0.1, 0.15) is 0 Å². The third-order valence-electron chi connectivity index (χ3n) is 2.97. The second kappa shape index (κ2) is 7.31. The van der Waals surface area contributed by atoms with E-state index in [1.807, 2.05) is 36.0 Å². The normalized spacial score (nSPS) is 18.6. The van der Waals surface area contributed by atoms with Gasteiger partial charge in [-0.05, 0) is 12.1 Å². The summed E-state index contributed by atoms with van der Waals surface area (Å²) in [4.78, 5) is 4.43. The minimum atomic E-state index is 0. The van der Waals surface area contributed by atoms with Gasteiger partial charge in [0.25, 0.3) is 0 Å². The standard InChI is InChI=1S/C13H14ClN3OS.ClH/c14-10-3-1-2-9(6-10)13-16-12(18-17-13)7-11-8-19-5-4-15-11;/h1-3,6,11,15H,4-5,7-8H2;1H. The maximum atomic E-state index is 5.96. The Kier molecular flexibility index (Phi) is 5.72. The summed E-state index contributed by atoms with van der Waals surface area (Å²) in [6.07, 6.45) is 0.778. The van der Waals surface area contributed by atoms with Gasteiger partial charge in [-0.25, -0.2) is 0 Å². The van der Waals surface area contributed by atoms with Crippen LogP contribution in [0.25, 0.3) is 11.4 Å². The van der Waals surface area contributed by atoms with Crippen LogP contribution in [-0.2, 0) is 6.42 Å². The van der Waals surface area contributed by atoms with Crippen LogP contribution >= 0.6 is 35.8 Å². The minimum absolute atomic E-state index is 0. The van der Waals surface area contributed by atoms with Crippen LogP contribution < -0.4 is 5.32 Å². The molecule has 20 heavy (non-hydrogen) atoms. The van der Waals surface area contributed by atoms with Crippen molar-refractivity contribution in [2.45, 2.75) is 12.5 Å². The van der Waals surface area contributed by atoms with E-state index in [0.717, 1.165) is 24.3 Å². The largest absolute Gasteiger partial charge is 0.339 e. The smallest absolute Gasteiger partial charge is 0.228 e. The van der Waals surface area contributed by atoms with Crippen LogP contribution in [-0.4, -0.2) is 34.2 Å². The van der Waals surface area contributed by atoms with E-state index < -0.39 is 0 Å². The van der Waals surface area contributed by atoms with Crippen LogP contribution in [0.1, 0.15) is 5.89 Å². The lowest BCUT2D eigenvalue weighted by Gasteiger charge is -2.21. The summed E-state index contributed by atoms with van der Waals surface area (Å²) in [5, 5.41) is 8.14. The number of nitrogens with zero attached hydrogens (tertiary/aromatic N) is 2. The van der Waals surface area contributed by atoms with Crippen molar-refractivity contribution in [2.75, 3.05) is 18.1 Å². The molecule has 1 unspecified atom stereocenters. The Hall–Kier alpha value is -0.750. The molecule has 0 spiro atoms. The van der Waals surface area contributed by atoms with Crippen molar-refractivity contribution in [1.82, 2.24) is 15.5 Å². The van der Waals surface area contributed by atoms with E-state index in [9.17, 15) is 0 Å². The molecule has 4 nitrogen and oxygen atoms in total. The van der Waals surface area contributed by atoms with Gasteiger partial charge in [0.05, 0.1) is 0 Å². The van der Waals surface area contributed by atoms with Crippen molar-refractivity contribution in [3.05, 3.63) is 35.2 Å². The van der Waals surface area contributed by atoms with Gasteiger partial charge in [0, 0.05) is 41.1 Å². The lowest BCUT2D eigenvalue weighted by Crippen LogP contribution is -2.38. The minimum Gasteiger partial charge on any atom is -0.339 e. The maximum absolute atomic E-state index is 5.96. The Morgan fingerprint density at radius 2 is 2.35 bits per heavy atom. The molecule has 0 aliphatic carbocycles. The van der Waals surface area contributed by atoms with Crippen LogP contribution in [0.15, 0.2) is 28.8 Å². The van der Waals surface area contributed by atoms with Gasteiger partial charge in [0.15, 0.2) is 0 Å². The molecule has 1 atom stereocenters. The lowest BCUT2D eigenvalue weighted by atomic mass is 10.2. The Balaban J connectivity index is 0.00000147. The SMILES string of the molecule is Cl.Clc1cccc(-c2noc(CC3CSCCN3)n2)c1. The first kappa shape index (κ1) is 15.6. The van der Waals surface area contributed by atoms with E-state index in [1.54, 1.807) is 0 Å². The zero-order chi connectivity index (χ0) is 13.1. The van der Waals surface area contributed by atoms with Gasteiger partial charge >= 0.3 is 0 Å². The van der Waals surface area contributed by atoms with Crippen molar-refractivity contribution in [3.8, 4) is 11.4 Å². The highest BCUT2D eigenvalue weighted by Crippen LogP contribution is 2.20. The van der Waals surface area contributed by atoms with Crippen LogP contribution in [0.5, 0.6) is 0 Å². The first-order valence-corrected chi connectivity index (χ1v) is 7.74. The molecule has 0 bridgehead atoms. The van der Waals surface area contributed by atoms with Crippen molar-refractivity contribution >= 4 is 35.8 Å². The van der Waals surface area contributed by atoms with E-state index in [1.165, 1.54) is 5.75 Å². The number of hydrogen-bond donors (Lipinski definition) is 1. The average Bonchev–Trinajstić information content (AvgIpc) is 2.88. The number of hydrogen-bond acceptors (Lipinski definition) is 5. The van der Waals surface area contributed by atoms with Crippen LogP contribution in [0.2, 0.25) is 5.02 Å². The van der Waals surface area contributed by atoms with E-state index in [0.29, 0.717) is 22.8 Å². The molecule has 1 aromatic heterocycles. The number of benzene rings is 1. The van der Waals surface area contributed by atoms with Gasteiger partial charge in [-0.2, -0.15) is 16.7 Å². The summed E-state index contributed by atoms with van der Waals surface area (Å²) >= 11 is 7.92. The van der Waals surface area contributed by atoms with Gasteiger partial charge in [-0.15, -0.1) is 12.4 Å². The van der Waals surface area contributed by atoms with Crippen molar-refractivity contribution in [2.24, 2.45) is 0 Å². The van der Waals surface area contributed by atoms with Crippen molar-refractivity contribution < 1.29 is 4.52 Å². The second-order valence-corrected chi connectivity index (χ2v) is 6.04. The Bertz CT molecular complexity index is 558. The van der Waals surface area contributed by atoms with Gasteiger partial charge in [0.2, 0.25) is 11.7 Å². The number of nitrogens with one attached hydrogen (secondary N) is 1. The quantitative estimate of drug-likeness (QED) is 0.936. The molecule has 2 heterocycles. The molecule has 2 aromatic rings. The van der Waals surface area contributed by atoms with Gasteiger partial charge in [-0.1, -0.05) is 28.9 Å². The third-order valence-corrected chi connectivity index (χ3v) is 4.34. The van der Waals surface area contributed by atoms with Gasteiger partial charge < -0.3 is 9.84 Å². The average molecular weight is 332 g/mol. The first-order valence-electron chi connectivity index (χ1n) is 6.21. The predicted molar refractivity (Wildman–Crippen MR) is 84.8 cm³/mol. The molecule has 7 heteroatoms. The summed E-state index contributed by atoms with van der Waals surface area (Å²) in [7, 11) is 0. The third kappa shape index (κ3) is 3.88. The lowest BCUT2D eigenvalue weighted by molar-refractivity contribution is 0.363. The highest BCUT2D eigenvalue weighted by Gasteiger charge is 2.17. The zero-order valence-electron chi connectivity index (χ0n) is 10.7. The molecule has 1 saturated heterocycles. The Morgan fingerprint density at radius 3 is 3.10 bits per heavy atom. The molecule has 108 valence electrons. The van der Waals surface area contributed by atoms with Crippen LogP contribution in [0.4, 0.5) is 0 Å². The Labute approximate surface area is 133 Å². The highest BCUT2D eigenvalue weighted by molar-refractivity contribution is 7.99. The fourth-order valence-corrected chi connectivity index (χ4v) is 3.18. The van der Waals surface area contributed by atoms with Crippen molar-refractivity contribution in [3.63, 3.8) is 0 Å². The number of aromatic nitrogens is 2. The molecular weight excluding hydrogens is 317 g/mol. The van der Waals surface area contributed by atoms with E-state index in [4.69, 9.17) is 16.1 Å². The van der Waals surface area contributed by atoms with Crippen molar-refractivity contribution in [1.29, 1.82) is 0 Å². The monoisotopic (exact) mass is 331 g/mol. The topological polar surface area (TPSA) is 51.0 Å². The van der Waals surface area contributed by atoms with E-state index in [2.05, 4.69) is 15.5 Å². The molecular formula is C13H15Cl2N3OS. The molecule has 1 fully saturated rings. The summed E-state index contributed by atoms with van der Waals surface area (Å²) in [6, 6.07) is 7.90. The number of halogens is 2. The molecule has 0 radical (unpaired) electrons. The molecule has 0 saturated carbocycles. The summed E-state index contributed by atoms with van der Waals surface area (Å²) in [5.41, 5.74) is 0.883. The molecule has 1 N–H and O–H groups in total. The second-order valence-electron chi connectivity index (χ2n) is 4.45. The summed E-state index contributed by atoms with van der Waals surface area (Å²) in [5.74, 6) is 3.54.